The van der Waals surface area contributed by atoms with Crippen molar-refractivity contribution in [3.63, 3.8) is 0 Å². The number of benzene rings is 1. The lowest BCUT2D eigenvalue weighted by Crippen LogP contribution is -2.52. The lowest BCUT2D eigenvalue weighted by atomic mass is 9.78. The van der Waals surface area contributed by atoms with Gasteiger partial charge >= 0.3 is 12.2 Å². The van der Waals surface area contributed by atoms with E-state index in [1.807, 2.05) is 37.6 Å². The van der Waals surface area contributed by atoms with E-state index in [9.17, 15) is 18.0 Å². The van der Waals surface area contributed by atoms with Gasteiger partial charge in [0, 0.05) is 13.5 Å². The Hall–Kier alpha value is -3.10. The number of aromatic nitrogens is 3. The van der Waals surface area contributed by atoms with Crippen LogP contribution >= 0.6 is 0 Å². The van der Waals surface area contributed by atoms with E-state index in [4.69, 9.17) is 5.73 Å². The van der Waals surface area contributed by atoms with Crippen LogP contribution in [0, 0.1) is 0 Å². The van der Waals surface area contributed by atoms with Crippen LogP contribution in [-0.2, 0) is 24.4 Å². The first-order valence-corrected chi connectivity index (χ1v) is 9.36. The molecule has 0 saturated carbocycles. The molecule has 2 N–H and O–H groups in total. The van der Waals surface area contributed by atoms with Crippen molar-refractivity contribution in [2.75, 3.05) is 0 Å². The molecule has 0 bridgehead atoms. The highest BCUT2D eigenvalue weighted by Gasteiger charge is 2.48. The lowest BCUT2D eigenvalue weighted by molar-refractivity contribution is -0.113. The minimum Gasteiger partial charge on any atom is -0.351 e. The summed E-state index contributed by atoms with van der Waals surface area (Å²) in [7, 11) is 1.85. The molecular weight excluding hydrogens is 395 g/mol. The minimum absolute atomic E-state index is 0.383. The fourth-order valence-corrected chi connectivity index (χ4v) is 3.74. The van der Waals surface area contributed by atoms with Crippen LogP contribution in [0.2, 0.25) is 0 Å². The SMILES string of the molecule is Cn1cnnc1CC(C)(C)c1cccc(C2(C)C=CC=C(C(F)(F)F)N2C(N)=O)c1. The molecule has 2 heterocycles. The van der Waals surface area contributed by atoms with E-state index in [2.05, 4.69) is 10.2 Å². The predicted octanol–water partition coefficient (Wildman–Crippen LogP) is 3.95. The number of aryl methyl sites for hydroxylation is 1. The number of rotatable bonds is 4. The molecule has 9 heteroatoms. The molecule has 2 aromatic rings. The molecular formula is C21H24F3N5O. The van der Waals surface area contributed by atoms with Crippen LogP contribution in [0.5, 0.6) is 0 Å². The van der Waals surface area contributed by atoms with Gasteiger partial charge in [0.2, 0.25) is 0 Å². The average molecular weight is 419 g/mol. The number of carbonyl (C=O) groups is 1. The molecule has 0 spiro atoms. The van der Waals surface area contributed by atoms with Crippen molar-refractivity contribution in [2.45, 2.75) is 44.3 Å². The third-order valence-corrected chi connectivity index (χ3v) is 5.52. The summed E-state index contributed by atoms with van der Waals surface area (Å²) in [6.07, 6.45) is 1.18. The van der Waals surface area contributed by atoms with Crippen LogP contribution in [0.3, 0.4) is 0 Å². The standard InChI is InChI=1S/C21H24F3N5O/c1-19(2,12-17-27-26-13-28(17)4)14-7-5-8-15(11-14)20(3)10-6-9-16(21(22,23)24)29(20)18(25)30/h5-11,13H,12H2,1-4H3,(H2,25,30). The molecule has 6 nitrogen and oxygen atoms in total. The van der Waals surface area contributed by atoms with Crippen LogP contribution in [0.1, 0.15) is 37.7 Å². The Morgan fingerprint density at radius 3 is 2.53 bits per heavy atom. The van der Waals surface area contributed by atoms with Gasteiger partial charge in [-0.3, -0.25) is 4.90 Å². The van der Waals surface area contributed by atoms with Gasteiger partial charge < -0.3 is 10.3 Å². The number of amides is 2. The highest BCUT2D eigenvalue weighted by Crippen LogP contribution is 2.42. The normalized spacial score (nSPS) is 19.7. The Morgan fingerprint density at radius 1 is 1.27 bits per heavy atom. The van der Waals surface area contributed by atoms with Crippen LogP contribution in [0.25, 0.3) is 0 Å². The van der Waals surface area contributed by atoms with Crippen molar-refractivity contribution in [3.05, 3.63) is 71.5 Å². The second kappa shape index (κ2) is 7.30. The molecule has 1 aromatic carbocycles. The second-order valence-electron chi connectivity index (χ2n) is 8.23. The number of hydrogen-bond donors (Lipinski definition) is 1. The van der Waals surface area contributed by atoms with Gasteiger partial charge in [0.1, 0.15) is 17.8 Å². The van der Waals surface area contributed by atoms with Crippen molar-refractivity contribution in [3.8, 4) is 0 Å². The zero-order valence-corrected chi connectivity index (χ0v) is 17.2. The van der Waals surface area contributed by atoms with Crippen LogP contribution in [-0.4, -0.2) is 31.9 Å². The molecule has 3 rings (SSSR count). The average Bonchev–Trinajstić information content (AvgIpc) is 3.04. The maximum absolute atomic E-state index is 13.6. The summed E-state index contributed by atoms with van der Waals surface area (Å²) in [6.45, 7) is 5.58. The maximum Gasteiger partial charge on any atom is 0.431 e. The van der Waals surface area contributed by atoms with E-state index in [0.29, 0.717) is 16.9 Å². The van der Waals surface area contributed by atoms with Crippen LogP contribution in [0.4, 0.5) is 18.0 Å². The molecule has 1 aliphatic rings. The van der Waals surface area contributed by atoms with E-state index in [-0.39, 0.29) is 5.41 Å². The summed E-state index contributed by atoms with van der Waals surface area (Å²) in [5.74, 6) is 0.787. The molecule has 30 heavy (non-hydrogen) atoms. The topological polar surface area (TPSA) is 77.0 Å². The highest BCUT2D eigenvalue weighted by molar-refractivity contribution is 5.77. The van der Waals surface area contributed by atoms with E-state index in [1.165, 1.54) is 6.08 Å². The first kappa shape index (κ1) is 21.6. The van der Waals surface area contributed by atoms with Crippen molar-refractivity contribution in [1.29, 1.82) is 0 Å². The van der Waals surface area contributed by atoms with Gasteiger partial charge in [-0.1, -0.05) is 50.3 Å². The summed E-state index contributed by atoms with van der Waals surface area (Å²) in [5, 5.41) is 8.02. The van der Waals surface area contributed by atoms with E-state index in [1.54, 1.807) is 31.5 Å². The minimum atomic E-state index is -4.72. The van der Waals surface area contributed by atoms with Gasteiger partial charge in [-0.2, -0.15) is 13.2 Å². The first-order valence-electron chi connectivity index (χ1n) is 9.36. The van der Waals surface area contributed by atoms with Crippen molar-refractivity contribution >= 4 is 6.03 Å². The number of nitrogens with two attached hydrogens (primary N) is 1. The molecule has 0 saturated heterocycles. The summed E-state index contributed by atoms with van der Waals surface area (Å²) in [5.41, 5.74) is 3.95. The van der Waals surface area contributed by atoms with E-state index >= 15 is 0 Å². The summed E-state index contributed by atoms with van der Waals surface area (Å²) >= 11 is 0. The van der Waals surface area contributed by atoms with Crippen molar-refractivity contribution in [1.82, 2.24) is 19.7 Å². The zero-order valence-electron chi connectivity index (χ0n) is 17.2. The Labute approximate surface area is 172 Å². The zero-order chi connectivity index (χ0) is 22.3. The number of allylic oxidation sites excluding steroid dienone is 3. The Morgan fingerprint density at radius 2 is 1.97 bits per heavy atom. The van der Waals surface area contributed by atoms with E-state index < -0.39 is 23.4 Å². The van der Waals surface area contributed by atoms with Crippen molar-refractivity contribution in [2.24, 2.45) is 12.8 Å². The van der Waals surface area contributed by atoms with E-state index in [0.717, 1.165) is 17.5 Å². The summed E-state index contributed by atoms with van der Waals surface area (Å²) in [6, 6.07) is 6.02. The number of hydrogen-bond acceptors (Lipinski definition) is 3. The van der Waals surface area contributed by atoms with Gasteiger partial charge in [-0.05, 0) is 29.5 Å². The smallest absolute Gasteiger partial charge is 0.351 e. The largest absolute Gasteiger partial charge is 0.431 e. The van der Waals surface area contributed by atoms with Crippen LogP contribution < -0.4 is 5.73 Å². The molecule has 2 amide bonds. The third kappa shape index (κ3) is 3.83. The molecule has 0 fully saturated rings. The molecule has 160 valence electrons. The lowest BCUT2D eigenvalue weighted by Gasteiger charge is -2.42. The molecule has 1 unspecified atom stereocenters. The summed E-state index contributed by atoms with van der Waals surface area (Å²) in [4.78, 5) is 12.7. The van der Waals surface area contributed by atoms with Gasteiger partial charge in [0.25, 0.3) is 0 Å². The predicted molar refractivity (Wildman–Crippen MR) is 106 cm³/mol. The van der Waals surface area contributed by atoms with Crippen molar-refractivity contribution < 1.29 is 18.0 Å². The monoisotopic (exact) mass is 419 g/mol. The Kier molecular flexibility index (Phi) is 5.26. The fraction of sp³-hybridized carbons (Fsp3) is 0.381. The Bertz CT molecular complexity index is 1020. The number of alkyl halides is 3. The van der Waals surface area contributed by atoms with Gasteiger partial charge in [0.15, 0.2) is 0 Å². The van der Waals surface area contributed by atoms with Crippen LogP contribution in [0.15, 0.2) is 54.5 Å². The fourth-order valence-electron chi connectivity index (χ4n) is 3.74. The van der Waals surface area contributed by atoms with Gasteiger partial charge in [-0.25, -0.2) is 4.79 Å². The second-order valence-corrected chi connectivity index (χ2v) is 8.23. The van der Waals surface area contributed by atoms with Gasteiger partial charge in [0.05, 0.1) is 5.54 Å². The quantitative estimate of drug-likeness (QED) is 0.815. The summed E-state index contributed by atoms with van der Waals surface area (Å²) < 4.78 is 42.5. The van der Waals surface area contributed by atoms with Gasteiger partial charge in [-0.15, -0.1) is 10.2 Å². The molecule has 0 radical (unpaired) electrons. The maximum atomic E-state index is 13.6. The Balaban J connectivity index is 2.04. The highest BCUT2D eigenvalue weighted by atomic mass is 19.4. The molecule has 1 aromatic heterocycles. The number of carbonyl (C=O) groups excluding carboxylic acids is 1. The molecule has 1 aliphatic heterocycles. The molecule has 1 atom stereocenters. The number of halogens is 3. The number of urea groups is 1. The third-order valence-electron chi connectivity index (χ3n) is 5.52. The molecule has 0 aliphatic carbocycles. The number of nitrogens with zero attached hydrogens (tertiary/aromatic N) is 4. The number of primary amides is 1. The first-order chi connectivity index (χ1) is 13.9.